The molecule has 0 fully saturated rings. The van der Waals surface area contributed by atoms with Crippen molar-refractivity contribution in [2.75, 3.05) is 13.7 Å². The summed E-state index contributed by atoms with van der Waals surface area (Å²) in [5, 5.41) is 5.39. The van der Waals surface area contributed by atoms with E-state index >= 15 is 0 Å². The number of unbranched alkanes of at least 4 members (excludes halogenated alkanes) is 2. The summed E-state index contributed by atoms with van der Waals surface area (Å²) in [5.41, 5.74) is 7.22. The van der Waals surface area contributed by atoms with E-state index in [-0.39, 0.29) is 18.9 Å². The molecule has 0 radical (unpaired) electrons. The zero-order valence-corrected chi connectivity index (χ0v) is 18.3. The minimum Gasteiger partial charge on any atom is -0.497 e. The number of amides is 3. The largest absolute Gasteiger partial charge is 0.497 e. The Morgan fingerprint density at radius 3 is 2.44 bits per heavy atom. The smallest absolute Gasteiger partial charge is 0.407 e. The summed E-state index contributed by atoms with van der Waals surface area (Å²) < 4.78 is 10.3. The van der Waals surface area contributed by atoms with Crippen LogP contribution in [0.4, 0.5) is 4.79 Å². The fourth-order valence-electron chi connectivity index (χ4n) is 3.08. The lowest BCUT2D eigenvalue weighted by molar-refractivity contribution is -0.127. The van der Waals surface area contributed by atoms with E-state index in [2.05, 4.69) is 10.6 Å². The monoisotopic (exact) mass is 441 g/mol. The van der Waals surface area contributed by atoms with Gasteiger partial charge in [-0.2, -0.15) is 0 Å². The summed E-state index contributed by atoms with van der Waals surface area (Å²) in [6.07, 6.45) is 2.22. The van der Waals surface area contributed by atoms with Crippen LogP contribution in [0, 0.1) is 0 Å². The molecule has 1 atom stereocenters. The Morgan fingerprint density at radius 1 is 0.969 bits per heavy atom. The van der Waals surface area contributed by atoms with E-state index in [0.29, 0.717) is 25.1 Å². The van der Waals surface area contributed by atoms with Crippen molar-refractivity contribution in [3.63, 3.8) is 0 Å². The minimum absolute atomic E-state index is 0.226. The molecule has 0 aromatic heterocycles. The third-order valence-corrected chi connectivity index (χ3v) is 4.82. The first-order chi connectivity index (χ1) is 15.5. The number of carbonyl (C=O) groups is 3. The Hall–Kier alpha value is -3.55. The number of methoxy groups -OCH3 is 1. The molecule has 0 saturated heterocycles. The lowest BCUT2D eigenvalue weighted by Gasteiger charge is -2.16. The third kappa shape index (κ3) is 9.51. The highest BCUT2D eigenvalue weighted by Gasteiger charge is 2.18. The van der Waals surface area contributed by atoms with Crippen LogP contribution in [0.3, 0.4) is 0 Å². The quantitative estimate of drug-likeness (QED) is 0.413. The molecule has 8 heteroatoms. The van der Waals surface area contributed by atoms with Crippen molar-refractivity contribution in [2.45, 2.75) is 44.8 Å². The predicted molar refractivity (Wildman–Crippen MR) is 121 cm³/mol. The van der Waals surface area contributed by atoms with Gasteiger partial charge in [0, 0.05) is 19.4 Å². The summed E-state index contributed by atoms with van der Waals surface area (Å²) in [4.78, 5) is 35.6. The summed E-state index contributed by atoms with van der Waals surface area (Å²) in [5.74, 6) is -0.138. The first-order valence-corrected chi connectivity index (χ1v) is 10.6. The highest BCUT2D eigenvalue weighted by atomic mass is 16.5. The van der Waals surface area contributed by atoms with Gasteiger partial charge in [0.1, 0.15) is 18.4 Å². The number of benzene rings is 2. The lowest BCUT2D eigenvalue weighted by atomic mass is 10.0. The van der Waals surface area contributed by atoms with Crippen LogP contribution in [0.5, 0.6) is 5.75 Å². The summed E-state index contributed by atoms with van der Waals surface area (Å²) >= 11 is 0. The van der Waals surface area contributed by atoms with Gasteiger partial charge in [0.2, 0.25) is 11.8 Å². The first kappa shape index (κ1) is 24.7. The molecule has 32 heavy (non-hydrogen) atoms. The van der Waals surface area contributed by atoms with Crippen LogP contribution in [0.25, 0.3) is 0 Å². The maximum absolute atomic E-state index is 12.2. The number of ether oxygens (including phenoxy) is 2. The van der Waals surface area contributed by atoms with Gasteiger partial charge in [0.25, 0.3) is 0 Å². The molecule has 0 aliphatic heterocycles. The molecule has 0 bridgehead atoms. The topological polar surface area (TPSA) is 120 Å². The molecule has 172 valence electrons. The van der Waals surface area contributed by atoms with E-state index in [4.69, 9.17) is 15.2 Å². The molecule has 0 aliphatic carbocycles. The Kier molecular flexibility index (Phi) is 10.6. The molecule has 4 N–H and O–H groups in total. The van der Waals surface area contributed by atoms with E-state index in [1.165, 1.54) is 0 Å². The van der Waals surface area contributed by atoms with E-state index in [1.807, 2.05) is 42.5 Å². The van der Waals surface area contributed by atoms with Gasteiger partial charge in [0.15, 0.2) is 0 Å². The zero-order chi connectivity index (χ0) is 23.2. The maximum atomic E-state index is 12.2. The van der Waals surface area contributed by atoms with E-state index in [9.17, 15) is 14.4 Å². The van der Waals surface area contributed by atoms with Crippen molar-refractivity contribution in [1.29, 1.82) is 0 Å². The Bertz CT molecular complexity index is 873. The van der Waals surface area contributed by atoms with Gasteiger partial charge >= 0.3 is 6.09 Å². The third-order valence-electron chi connectivity index (χ3n) is 4.82. The van der Waals surface area contributed by atoms with Crippen LogP contribution in [0.2, 0.25) is 0 Å². The normalized spacial score (nSPS) is 11.3. The van der Waals surface area contributed by atoms with Crippen LogP contribution in [-0.4, -0.2) is 37.6 Å². The van der Waals surface area contributed by atoms with Gasteiger partial charge in [-0.3, -0.25) is 9.59 Å². The molecule has 0 heterocycles. The predicted octanol–water partition coefficient (Wildman–Crippen LogP) is 2.69. The second kappa shape index (κ2) is 13.7. The molecule has 2 aromatic rings. The van der Waals surface area contributed by atoms with Crippen molar-refractivity contribution in [3.8, 4) is 5.75 Å². The molecule has 2 rings (SSSR count). The second-order valence-electron chi connectivity index (χ2n) is 7.38. The number of primary amides is 1. The fourth-order valence-corrected chi connectivity index (χ4v) is 3.08. The number of nitrogens with two attached hydrogens (primary N) is 1. The molecule has 2 aromatic carbocycles. The molecule has 0 aliphatic rings. The van der Waals surface area contributed by atoms with Crippen molar-refractivity contribution >= 4 is 17.9 Å². The van der Waals surface area contributed by atoms with Crippen molar-refractivity contribution in [3.05, 3.63) is 65.7 Å². The van der Waals surface area contributed by atoms with Crippen molar-refractivity contribution in [2.24, 2.45) is 5.73 Å². The van der Waals surface area contributed by atoms with E-state index in [1.54, 1.807) is 19.2 Å². The molecular weight excluding hydrogens is 410 g/mol. The number of hydrogen-bond donors (Lipinski definition) is 3. The maximum Gasteiger partial charge on any atom is 0.407 e. The van der Waals surface area contributed by atoms with Crippen LogP contribution in [0.15, 0.2) is 54.6 Å². The minimum atomic E-state index is -0.782. The lowest BCUT2D eigenvalue weighted by Crippen LogP contribution is -2.45. The molecule has 0 unspecified atom stereocenters. The highest BCUT2D eigenvalue weighted by Crippen LogP contribution is 2.14. The Labute approximate surface area is 188 Å². The van der Waals surface area contributed by atoms with Gasteiger partial charge in [-0.15, -0.1) is 0 Å². The molecule has 3 amide bonds. The molecule has 8 nitrogen and oxygen atoms in total. The molecule has 0 saturated carbocycles. The standard InChI is InChI=1S/C24H31N3O5/c1-31-20-12-8-11-19(15-20)16-21(23(25)29)27-22(28)13-6-3-7-14-26-24(30)32-17-18-9-4-2-5-10-18/h2,4-5,8-12,15,21H,3,6-7,13-14,16-17H2,1H3,(H2,25,29)(H,26,30)(H,27,28)/t21-/m0/s1. The van der Waals surface area contributed by atoms with Gasteiger partial charge < -0.3 is 25.8 Å². The van der Waals surface area contributed by atoms with Crippen LogP contribution in [-0.2, 0) is 27.4 Å². The van der Waals surface area contributed by atoms with Gasteiger partial charge in [-0.05, 0) is 36.1 Å². The number of carbonyl (C=O) groups excluding carboxylic acids is 3. The van der Waals surface area contributed by atoms with Gasteiger partial charge in [-0.25, -0.2) is 4.79 Å². The average Bonchev–Trinajstić information content (AvgIpc) is 2.80. The van der Waals surface area contributed by atoms with Gasteiger partial charge in [-0.1, -0.05) is 48.9 Å². The SMILES string of the molecule is COc1cccc(C[C@H](NC(=O)CCCCCNC(=O)OCc2ccccc2)C(N)=O)c1. The summed E-state index contributed by atoms with van der Waals surface area (Å²) in [6.45, 7) is 0.693. The number of rotatable bonds is 13. The number of nitrogens with one attached hydrogen (secondary N) is 2. The van der Waals surface area contributed by atoms with Crippen LogP contribution >= 0.6 is 0 Å². The van der Waals surface area contributed by atoms with E-state index < -0.39 is 18.0 Å². The molecular formula is C24H31N3O5. The Morgan fingerprint density at radius 2 is 1.72 bits per heavy atom. The molecule has 0 spiro atoms. The number of hydrogen-bond acceptors (Lipinski definition) is 5. The highest BCUT2D eigenvalue weighted by molar-refractivity contribution is 5.86. The fraction of sp³-hybridized carbons (Fsp3) is 0.375. The van der Waals surface area contributed by atoms with Crippen molar-refractivity contribution in [1.82, 2.24) is 10.6 Å². The average molecular weight is 442 g/mol. The van der Waals surface area contributed by atoms with Crippen LogP contribution < -0.4 is 21.1 Å². The van der Waals surface area contributed by atoms with E-state index in [0.717, 1.165) is 24.0 Å². The first-order valence-electron chi connectivity index (χ1n) is 10.6. The second-order valence-corrected chi connectivity index (χ2v) is 7.38. The van der Waals surface area contributed by atoms with Gasteiger partial charge in [0.05, 0.1) is 7.11 Å². The summed E-state index contributed by atoms with van der Waals surface area (Å²) in [7, 11) is 1.57. The van der Waals surface area contributed by atoms with Crippen molar-refractivity contribution < 1.29 is 23.9 Å². The zero-order valence-electron chi connectivity index (χ0n) is 18.3. The van der Waals surface area contributed by atoms with Crippen LogP contribution in [0.1, 0.15) is 36.8 Å². The number of alkyl carbamates (subject to hydrolysis) is 1. The summed E-state index contributed by atoms with van der Waals surface area (Å²) in [6, 6.07) is 15.9. The Balaban J connectivity index is 1.60.